The van der Waals surface area contributed by atoms with Crippen LogP contribution in [0, 0.1) is 0 Å². The molecule has 3 rings (SSSR count). The van der Waals surface area contributed by atoms with E-state index in [1.54, 1.807) is 12.5 Å². The highest BCUT2D eigenvalue weighted by atomic mass is 16.3. The highest BCUT2D eigenvalue weighted by Gasteiger charge is 2.09. The van der Waals surface area contributed by atoms with Gasteiger partial charge in [0, 0.05) is 23.0 Å². The standard InChI is InChI=1S/C11H7NO/c1-2-4-9-8(3-1)7-13-10-5-6-12-11(9)10/h1-7H. The van der Waals surface area contributed by atoms with Crippen molar-refractivity contribution in [2.75, 3.05) is 0 Å². The van der Waals surface area contributed by atoms with Gasteiger partial charge in [-0.1, -0.05) is 24.3 Å². The minimum Gasteiger partial charge on any atom is -0.462 e. The van der Waals surface area contributed by atoms with Crippen LogP contribution in [0.5, 0.6) is 0 Å². The van der Waals surface area contributed by atoms with Crippen molar-refractivity contribution in [3.05, 3.63) is 42.8 Å². The van der Waals surface area contributed by atoms with Gasteiger partial charge in [-0.2, -0.15) is 0 Å². The second-order valence-corrected chi connectivity index (χ2v) is 2.98. The predicted octanol–water partition coefficient (Wildman–Crippen LogP) is 2.93. The van der Waals surface area contributed by atoms with E-state index in [1.807, 2.05) is 24.3 Å². The molecule has 1 aromatic rings. The molecule has 62 valence electrons. The summed E-state index contributed by atoms with van der Waals surface area (Å²) in [5.41, 5.74) is 0.943. The molecule has 0 bridgehead atoms. The Kier molecular flexibility index (Phi) is 1.19. The van der Waals surface area contributed by atoms with Crippen molar-refractivity contribution < 1.29 is 4.42 Å². The molecule has 0 radical (unpaired) electrons. The lowest BCUT2D eigenvalue weighted by atomic mass is 10.1. The third-order valence-electron chi connectivity index (χ3n) is 2.19. The number of rotatable bonds is 0. The maximum atomic E-state index is 5.40. The van der Waals surface area contributed by atoms with Gasteiger partial charge >= 0.3 is 0 Å². The van der Waals surface area contributed by atoms with Crippen LogP contribution in [0.25, 0.3) is 22.2 Å². The van der Waals surface area contributed by atoms with Crippen LogP contribution in [0.1, 0.15) is 0 Å². The van der Waals surface area contributed by atoms with Crippen LogP contribution in [0.4, 0.5) is 0 Å². The lowest BCUT2D eigenvalue weighted by molar-refractivity contribution is 0.573. The lowest BCUT2D eigenvalue weighted by Gasteiger charge is -2.01. The quantitative estimate of drug-likeness (QED) is 0.517. The zero-order valence-electron chi connectivity index (χ0n) is 6.90. The van der Waals surface area contributed by atoms with Gasteiger partial charge in [-0.15, -0.1) is 0 Å². The molecule has 0 aliphatic carbocycles. The van der Waals surface area contributed by atoms with E-state index in [4.69, 9.17) is 4.42 Å². The number of fused-ring (bicyclic) bond motifs is 3. The number of nitrogens with zero attached hydrogens (tertiary/aromatic N) is 1. The third kappa shape index (κ3) is 0.855. The topological polar surface area (TPSA) is 26.0 Å². The van der Waals surface area contributed by atoms with Crippen molar-refractivity contribution in [2.45, 2.75) is 0 Å². The fourth-order valence-electron chi connectivity index (χ4n) is 1.56. The molecule has 0 amide bonds. The summed E-state index contributed by atoms with van der Waals surface area (Å²) in [6.45, 7) is 0. The summed E-state index contributed by atoms with van der Waals surface area (Å²) in [4.78, 5) is 4.25. The summed E-state index contributed by atoms with van der Waals surface area (Å²) < 4.78 is 5.40. The molecular weight excluding hydrogens is 162 g/mol. The van der Waals surface area contributed by atoms with Crippen LogP contribution in [0.15, 0.2) is 47.2 Å². The molecule has 2 heterocycles. The number of hydrogen-bond donors (Lipinski definition) is 0. The lowest BCUT2D eigenvalue weighted by Crippen LogP contribution is -1.79. The molecule has 1 aromatic carbocycles. The van der Waals surface area contributed by atoms with Crippen molar-refractivity contribution in [3.63, 3.8) is 0 Å². The average molecular weight is 169 g/mol. The van der Waals surface area contributed by atoms with Crippen molar-refractivity contribution >= 4 is 10.8 Å². The zero-order valence-corrected chi connectivity index (χ0v) is 6.90. The fourth-order valence-corrected chi connectivity index (χ4v) is 1.56. The Morgan fingerprint density at radius 1 is 1.08 bits per heavy atom. The molecule has 2 nitrogen and oxygen atoms in total. The van der Waals surface area contributed by atoms with Crippen LogP contribution >= 0.6 is 0 Å². The van der Waals surface area contributed by atoms with Gasteiger partial charge in [0.2, 0.25) is 0 Å². The molecule has 0 fully saturated rings. The third-order valence-corrected chi connectivity index (χ3v) is 2.19. The average Bonchev–Trinajstić information content (AvgIpc) is 2.65. The second-order valence-electron chi connectivity index (χ2n) is 2.98. The first kappa shape index (κ1) is 6.66. The maximum absolute atomic E-state index is 5.40. The van der Waals surface area contributed by atoms with Gasteiger partial charge in [0.15, 0.2) is 5.76 Å². The molecule has 0 atom stereocenters. The molecule has 2 aliphatic rings. The highest BCUT2D eigenvalue weighted by molar-refractivity contribution is 5.93. The Morgan fingerprint density at radius 3 is 3.00 bits per heavy atom. The monoisotopic (exact) mass is 169 g/mol. The smallest absolute Gasteiger partial charge is 0.154 e. The zero-order chi connectivity index (χ0) is 8.67. The summed E-state index contributed by atoms with van der Waals surface area (Å²) >= 11 is 0. The van der Waals surface area contributed by atoms with E-state index in [1.165, 1.54) is 0 Å². The van der Waals surface area contributed by atoms with Gasteiger partial charge in [-0.3, -0.25) is 4.98 Å². The Balaban J connectivity index is 2.57. The van der Waals surface area contributed by atoms with E-state index in [2.05, 4.69) is 11.1 Å². The van der Waals surface area contributed by atoms with E-state index in [9.17, 15) is 0 Å². The summed E-state index contributed by atoms with van der Waals surface area (Å²) in [5.74, 6) is 0.846. The molecule has 0 unspecified atom stereocenters. The van der Waals surface area contributed by atoms with Crippen molar-refractivity contribution in [2.24, 2.45) is 0 Å². The molecule has 0 aromatic heterocycles. The molecule has 2 heteroatoms. The normalized spacial score (nSPS) is 11.1. The Bertz CT molecular complexity index is 527. The van der Waals surface area contributed by atoms with E-state index < -0.39 is 0 Å². The Labute approximate surface area is 75.2 Å². The molecule has 0 spiro atoms. The van der Waals surface area contributed by atoms with Crippen LogP contribution in [-0.2, 0) is 0 Å². The summed E-state index contributed by atoms with van der Waals surface area (Å²) in [6, 6.07) is 9.96. The van der Waals surface area contributed by atoms with Gasteiger partial charge in [0.05, 0.1) is 6.26 Å². The molecule has 0 saturated carbocycles. The summed E-state index contributed by atoms with van der Waals surface area (Å²) in [6.07, 6.45) is 3.53. The molecule has 13 heavy (non-hydrogen) atoms. The van der Waals surface area contributed by atoms with E-state index in [0.29, 0.717) is 0 Å². The van der Waals surface area contributed by atoms with Gasteiger partial charge in [0.1, 0.15) is 5.69 Å². The Hall–Kier alpha value is -1.83. The minimum absolute atomic E-state index is 0.846. The first-order valence-corrected chi connectivity index (χ1v) is 4.16. The Morgan fingerprint density at radius 2 is 2.00 bits per heavy atom. The van der Waals surface area contributed by atoms with Crippen molar-refractivity contribution in [3.8, 4) is 11.5 Å². The molecule has 0 saturated heterocycles. The van der Waals surface area contributed by atoms with Crippen LogP contribution in [0.2, 0.25) is 0 Å². The minimum atomic E-state index is 0.846. The molecular formula is C11H7NO. The van der Waals surface area contributed by atoms with Gasteiger partial charge in [-0.05, 0) is 0 Å². The fraction of sp³-hybridized carbons (Fsp3) is 0. The number of aromatic nitrogens is 1. The SMILES string of the molecule is c1ccc2c3nccc-3occ2c1. The van der Waals surface area contributed by atoms with Crippen LogP contribution in [-0.4, -0.2) is 4.98 Å². The maximum Gasteiger partial charge on any atom is 0.154 e. The highest BCUT2D eigenvalue weighted by Crippen LogP contribution is 2.28. The van der Waals surface area contributed by atoms with Gasteiger partial charge < -0.3 is 4.42 Å². The predicted molar refractivity (Wildman–Crippen MR) is 50.6 cm³/mol. The van der Waals surface area contributed by atoms with Gasteiger partial charge in [0.25, 0.3) is 0 Å². The molecule has 2 aliphatic heterocycles. The second kappa shape index (κ2) is 2.33. The number of hydrogen-bond acceptors (Lipinski definition) is 2. The summed E-state index contributed by atoms with van der Waals surface area (Å²) in [5, 5.41) is 2.24. The van der Waals surface area contributed by atoms with Crippen LogP contribution in [0.3, 0.4) is 0 Å². The van der Waals surface area contributed by atoms with Gasteiger partial charge in [-0.25, -0.2) is 0 Å². The van der Waals surface area contributed by atoms with E-state index in [-0.39, 0.29) is 0 Å². The number of benzene rings is 1. The van der Waals surface area contributed by atoms with Crippen molar-refractivity contribution in [1.29, 1.82) is 0 Å². The van der Waals surface area contributed by atoms with E-state index in [0.717, 1.165) is 22.2 Å². The molecule has 0 N–H and O–H groups in total. The first-order valence-electron chi connectivity index (χ1n) is 4.16. The first-order chi connectivity index (χ1) is 6.45. The largest absolute Gasteiger partial charge is 0.462 e. The van der Waals surface area contributed by atoms with Crippen molar-refractivity contribution in [1.82, 2.24) is 4.98 Å². The van der Waals surface area contributed by atoms with Crippen LogP contribution < -0.4 is 0 Å². The summed E-state index contributed by atoms with van der Waals surface area (Å²) in [7, 11) is 0. The van der Waals surface area contributed by atoms with E-state index >= 15 is 0 Å².